The van der Waals surface area contributed by atoms with Crippen LogP contribution in [0.15, 0.2) is 30.3 Å². The molecule has 0 saturated heterocycles. The summed E-state index contributed by atoms with van der Waals surface area (Å²) in [6.45, 7) is 6.30. The Kier molecular flexibility index (Phi) is 4.15. The Hall–Kier alpha value is -2.12. The van der Waals surface area contributed by atoms with Crippen LogP contribution in [0.25, 0.3) is 0 Å². The smallest absolute Gasteiger partial charge is 0.168 e. The SMILES string of the molecule is CC(C)(C)c1cccc(Nc2nc(Cl)c(C#N)cc2F)c1. The Labute approximate surface area is 128 Å². The van der Waals surface area contributed by atoms with Crippen molar-refractivity contribution in [3.05, 3.63) is 52.4 Å². The zero-order valence-corrected chi connectivity index (χ0v) is 12.8. The molecule has 0 radical (unpaired) electrons. The molecular weight excluding hydrogens is 289 g/mol. The van der Waals surface area contributed by atoms with Gasteiger partial charge in [-0.2, -0.15) is 5.26 Å². The number of anilines is 2. The Morgan fingerprint density at radius 1 is 1.29 bits per heavy atom. The van der Waals surface area contributed by atoms with Gasteiger partial charge in [0.05, 0.1) is 5.56 Å². The molecular formula is C16H15ClFN3. The molecule has 1 aromatic carbocycles. The van der Waals surface area contributed by atoms with Crippen LogP contribution in [0.3, 0.4) is 0 Å². The van der Waals surface area contributed by atoms with Crippen LogP contribution < -0.4 is 5.32 Å². The largest absolute Gasteiger partial charge is 0.338 e. The van der Waals surface area contributed by atoms with E-state index in [1.54, 1.807) is 6.07 Å². The molecule has 5 heteroatoms. The molecule has 21 heavy (non-hydrogen) atoms. The fraction of sp³-hybridized carbons (Fsp3) is 0.250. The van der Waals surface area contributed by atoms with Gasteiger partial charge < -0.3 is 5.32 Å². The van der Waals surface area contributed by atoms with Crippen LogP contribution in [0, 0.1) is 17.1 Å². The first-order chi connectivity index (χ1) is 9.81. The predicted octanol–water partition coefficient (Wildman–Crippen LogP) is 4.79. The van der Waals surface area contributed by atoms with E-state index >= 15 is 0 Å². The normalized spacial score (nSPS) is 11.0. The summed E-state index contributed by atoms with van der Waals surface area (Å²) < 4.78 is 13.9. The van der Waals surface area contributed by atoms with Crippen LogP contribution in [0.1, 0.15) is 31.9 Å². The van der Waals surface area contributed by atoms with Gasteiger partial charge in [-0.15, -0.1) is 0 Å². The lowest BCUT2D eigenvalue weighted by Gasteiger charge is -2.20. The summed E-state index contributed by atoms with van der Waals surface area (Å²) in [6.07, 6.45) is 0. The van der Waals surface area contributed by atoms with Crippen molar-refractivity contribution in [2.24, 2.45) is 0 Å². The average molecular weight is 304 g/mol. The summed E-state index contributed by atoms with van der Waals surface area (Å²) in [5.41, 5.74) is 1.84. The molecule has 0 spiro atoms. The fourth-order valence-corrected chi connectivity index (χ4v) is 2.01. The number of benzene rings is 1. The Balaban J connectivity index is 2.35. The maximum atomic E-state index is 13.9. The molecule has 108 valence electrons. The third-order valence-corrected chi connectivity index (χ3v) is 3.33. The molecule has 1 heterocycles. The van der Waals surface area contributed by atoms with E-state index < -0.39 is 5.82 Å². The molecule has 0 aliphatic carbocycles. The molecule has 0 aliphatic rings. The van der Waals surface area contributed by atoms with Gasteiger partial charge in [-0.3, -0.25) is 0 Å². The zero-order valence-electron chi connectivity index (χ0n) is 12.0. The molecule has 0 amide bonds. The monoisotopic (exact) mass is 303 g/mol. The third kappa shape index (κ3) is 3.50. The minimum Gasteiger partial charge on any atom is -0.338 e. The van der Waals surface area contributed by atoms with Gasteiger partial charge in [-0.05, 0) is 29.2 Å². The Bertz CT molecular complexity index is 714. The van der Waals surface area contributed by atoms with Crippen LogP contribution in [0.4, 0.5) is 15.9 Å². The number of nitrogens with one attached hydrogen (secondary N) is 1. The standard InChI is InChI=1S/C16H15ClFN3/c1-16(2,3)11-5-4-6-12(8-11)20-15-13(18)7-10(9-19)14(17)21-15/h4-8H,1-3H3,(H,20,21). The van der Waals surface area contributed by atoms with Crippen molar-refractivity contribution < 1.29 is 4.39 Å². The highest BCUT2D eigenvalue weighted by Gasteiger charge is 2.15. The quantitative estimate of drug-likeness (QED) is 0.812. The number of aromatic nitrogens is 1. The van der Waals surface area contributed by atoms with Crippen molar-refractivity contribution >= 4 is 23.1 Å². The predicted molar refractivity (Wildman–Crippen MR) is 82.3 cm³/mol. The average Bonchev–Trinajstić information content (AvgIpc) is 2.42. The molecule has 0 atom stereocenters. The van der Waals surface area contributed by atoms with Crippen LogP contribution in [-0.4, -0.2) is 4.98 Å². The number of nitrogens with zero attached hydrogens (tertiary/aromatic N) is 2. The number of rotatable bonds is 2. The van der Waals surface area contributed by atoms with E-state index in [2.05, 4.69) is 31.1 Å². The third-order valence-electron chi connectivity index (χ3n) is 3.04. The lowest BCUT2D eigenvalue weighted by atomic mass is 9.87. The number of pyridine rings is 1. The van der Waals surface area contributed by atoms with Crippen molar-refractivity contribution in [3.8, 4) is 6.07 Å². The molecule has 1 N–H and O–H groups in total. The maximum absolute atomic E-state index is 13.9. The summed E-state index contributed by atoms with van der Waals surface area (Å²) in [4.78, 5) is 3.89. The molecule has 0 aliphatic heterocycles. The molecule has 2 aromatic rings. The topological polar surface area (TPSA) is 48.7 Å². The second-order valence-electron chi connectivity index (χ2n) is 5.72. The molecule has 2 rings (SSSR count). The number of halogens is 2. The second-order valence-corrected chi connectivity index (χ2v) is 6.08. The first-order valence-corrected chi connectivity index (χ1v) is 6.83. The Morgan fingerprint density at radius 3 is 2.62 bits per heavy atom. The number of hydrogen-bond acceptors (Lipinski definition) is 3. The highest BCUT2D eigenvalue weighted by Crippen LogP contribution is 2.27. The van der Waals surface area contributed by atoms with Gasteiger partial charge in [0.1, 0.15) is 11.2 Å². The van der Waals surface area contributed by atoms with Crippen molar-refractivity contribution in [2.45, 2.75) is 26.2 Å². The van der Waals surface area contributed by atoms with E-state index in [1.807, 2.05) is 24.3 Å². The summed E-state index contributed by atoms with van der Waals surface area (Å²) in [7, 11) is 0. The summed E-state index contributed by atoms with van der Waals surface area (Å²) in [5, 5.41) is 11.7. The van der Waals surface area contributed by atoms with E-state index in [9.17, 15) is 4.39 Å². The molecule has 0 fully saturated rings. The Morgan fingerprint density at radius 2 is 2.00 bits per heavy atom. The van der Waals surface area contributed by atoms with E-state index in [1.165, 1.54) is 0 Å². The molecule has 0 saturated carbocycles. The summed E-state index contributed by atoms with van der Waals surface area (Å²) in [5.74, 6) is -0.609. The molecule has 0 bridgehead atoms. The van der Waals surface area contributed by atoms with Crippen LogP contribution in [0.5, 0.6) is 0 Å². The highest BCUT2D eigenvalue weighted by molar-refractivity contribution is 6.30. The maximum Gasteiger partial charge on any atom is 0.168 e. The van der Waals surface area contributed by atoms with Crippen molar-refractivity contribution in [1.29, 1.82) is 5.26 Å². The lowest BCUT2D eigenvalue weighted by Crippen LogP contribution is -2.11. The number of hydrogen-bond donors (Lipinski definition) is 1. The second kappa shape index (κ2) is 5.71. The van der Waals surface area contributed by atoms with E-state index in [0.717, 1.165) is 17.3 Å². The van der Waals surface area contributed by atoms with Crippen LogP contribution in [-0.2, 0) is 5.41 Å². The minimum absolute atomic E-state index is 0.00468. The van der Waals surface area contributed by atoms with Gasteiger partial charge in [0.15, 0.2) is 11.6 Å². The summed E-state index contributed by atoms with van der Waals surface area (Å²) in [6, 6.07) is 10.5. The summed E-state index contributed by atoms with van der Waals surface area (Å²) >= 11 is 5.83. The van der Waals surface area contributed by atoms with Gasteiger partial charge >= 0.3 is 0 Å². The fourth-order valence-electron chi connectivity index (χ4n) is 1.83. The first-order valence-electron chi connectivity index (χ1n) is 6.45. The van der Waals surface area contributed by atoms with Crippen molar-refractivity contribution in [3.63, 3.8) is 0 Å². The van der Waals surface area contributed by atoms with Crippen molar-refractivity contribution in [2.75, 3.05) is 5.32 Å². The first kappa shape index (κ1) is 15.3. The van der Waals surface area contributed by atoms with E-state index in [4.69, 9.17) is 16.9 Å². The van der Waals surface area contributed by atoms with Crippen LogP contribution >= 0.6 is 11.6 Å². The van der Waals surface area contributed by atoms with E-state index in [-0.39, 0.29) is 21.9 Å². The zero-order chi connectivity index (χ0) is 15.6. The molecule has 3 nitrogen and oxygen atoms in total. The lowest BCUT2D eigenvalue weighted by molar-refractivity contribution is 0.590. The van der Waals surface area contributed by atoms with Gasteiger partial charge in [0.25, 0.3) is 0 Å². The van der Waals surface area contributed by atoms with Gasteiger partial charge in [0.2, 0.25) is 0 Å². The van der Waals surface area contributed by atoms with E-state index in [0.29, 0.717) is 0 Å². The van der Waals surface area contributed by atoms with Gasteiger partial charge in [0, 0.05) is 5.69 Å². The van der Waals surface area contributed by atoms with Gasteiger partial charge in [-0.1, -0.05) is 44.5 Å². The number of nitriles is 1. The minimum atomic E-state index is -0.614. The van der Waals surface area contributed by atoms with Gasteiger partial charge in [-0.25, -0.2) is 9.37 Å². The molecule has 0 unspecified atom stereocenters. The van der Waals surface area contributed by atoms with Crippen LogP contribution in [0.2, 0.25) is 5.15 Å². The van der Waals surface area contributed by atoms with Crippen molar-refractivity contribution in [1.82, 2.24) is 4.98 Å². The molecule has 1 aromatic heterocycles. The highest BCUT2D eigenvalue weighted by atomic mass is 35.5.